The monoisotopic (exact) mass is 331 g/mol. The van der Waals surface area contributed by atoms with E-state index in [4.69, 9.17) is 33.0 Å². The molecule has 0 heterocycles. The molecule has 0 bridgehead atoms. The van der Waals surface area contributed by atoms with Crippen molar-refractivity contribution in [2.75, 3.05) is 19.8 Å². The van der Waals surface area contributed by atoms with Gasteiger partial charge in [-0.05, 0) is 30.0 Å². The Morgan fingerprint density at radius 1 is 1.38 bits per heavy atom. The molecule has 1 aliphatic rings. The molecule has 1 aromatic carbocycles. The molecule has 0 spiro atoms. The summed E-state index contributed by atoms with van der Waals surface area (Å²) in [7, 11) is 0. The molecule has 1 saturated carbocycles. The first-order chi connectivity index (χ1) is 9.99. The number of benzene rings is 1. The number of hydrogen-bond acceptors (Lipinski definition) is 3. The number of hydrogen-bond donors (Lipinski definition) is 2. The van der Waals surface area contributed by atoms with Crippen molar-refractivity contribution in [3.63, 3.8) is 0 Å². The number of ether oxygens (including phenoxy) is 1. The molecule has 21 heavy (non-hydrogen) atoms. The van der Waals surface area contributed by atoms with Gasteiger partial charge < -0.3 is 15.2 Å². The molecule has 0 aliphatic heterocycles. The predicted molar refractivity (Wildman–Crippen MR) is 78.8 cm³/mol. The average molecular weight is 332 g/mol. The second-order valence-electron chi connectivity index (χ2n) is 4.85. The van der Waals surface area contributed by atoms with Gasteiger partial charge in [0.1, 0.15) is 6.61 Å². The van der Waals surface area contributed by atoms with Gasteiger partial charge in [-0.3, -0.25) is 4.79 Å². The van der Waals surface area contributed by atoms with Gasteiger partial charge in [0.2, 0.25) is 5.91 Å². The second-order valence-corrected chi connectivity index (χ2v) is 5.70. The number of aliphatic carboxylic acids is 1. The van der Waals surface area contributed by atoms with Crippen molar-refractivity contribution >= 4 is 35.1 Å². The van der Waals surface area contributed by atoms with Crippen LogP contribution < -0.4 is 5.32 Å². The third-order valence-corrected chi connectivity index (χ3v) is 3.82. The van der Waals surface area contributed by atoms with Gasteiger partial charge in [0.25, 0.3) is 0 Å². The number of carboxylic acid groups (broad SMARTS) is 1. The normalized spacial score (nSPS) is 20.1. The molecule has 0 saturated heterocycles. The van der Waals surface area contributed by atoms with E-state index in [0.717, 1.165) is 12.0 Å². The second kappa shape index (κ2) is 7.11. The van der Waals surface area contributed by atoms with Crippen molar-refractivity contribution in [2.24, 2.45) is 5.92 Å². The maximum absolute atomic E-state index is 11.9. The lowest BCUT2D eigenvalue weighted by Crippen LogP contribution is -2.29. The molecule has 1 amide bonds. The quantitative estimate of drug-likeness (QED) is 0.752. The molecule has 1 aromatic rings. The minimum atomic E-state index is -1.03. The number of carbonyl (C=O) groups is 2. The highest BCUT2D eigenvalue weighted by Crippen LogP contribution is 2.49. The summed E-state index contributed by atoms with van der Waals surface area (Å²) in [5.74, 6) is -1.07. The van der Waals surface area contributed by atoms with Crippen molar-refractivity contribution in [3.8, 4) is 0 Å². The standard InChI is InChI=1S/C14H15Cl2NO4/c15-8-1-2-9(12(16)5-8)10-6-11(10)14(20)17-3-4-21-7-13(18)19/h1-2,5,10-11H,3-4,6-7H2,(H,17,20)(H,18,19). The Morgan fingerprint density at radius 2 is 2.14 bits per heavy atom. The maximum Gasteiger partial charge on any atom is 0.329 e. The van der Waals surface area contributed by atoms with Crippen LogP contribution in [0.25, 0.3) is 0 Å². The molecule has 5 nitrogen and oxygen atoms in total. The van der Waals surface area contributed by atoms with Gasteiger partial charge in [0, 0.05) is 22.5 Å². The molecule has 2 rings (SSSR count). The van der Waals surface area contributed by atoms with Crippen LogP contribution in [0, 0.1) is 5.92 Å². The van der Waals surface area contributed by atoms with E-state index in [1.54, 1.807) is 12.1 Å². The molecule has 1 aliphatic carbocycles. The summed E-state index contributed by atoms with van der Waals surface area (Å²) in [5.41, 5.74) is 0.934. The predicted octanol–water partition coefficient (Wildman–Crippen LogP) is 2.31. The van der Waals surface area contributed by atoms with Crippen LogP contribution in [0.3, 0.4) is 0 Å². The Bertz CT molecular complexity index is 550. The van der Waals surface area contributed by atoms with Crippen LogP contribution in [0.5, 0.6) is 0 Å². The molecule has 0 radical (unpaired) electrons. The van der Waals surface area contributed by atoms with Crippen LogP contribution in [0.2, 0.25) is 10.0 Å². The fourth-order valence-electron chi connectivity index (χ4n) is 2.17. The minimum absolute atomic E-state index is 0.0649. The molecule has 7 heteroatoms. The van der Waals surface area contributed by atoms with E-state index in [1.807, 2.05) is 6.07 Å². The summed E-state index contributed by atoms with van der Waals surface area (Å²) in [5, 5.41) is 12.3. The van der Waals surface area contributed by atoms with E-state index in [2.05, 4.69) is 5.32 Å². The Morgan fingerprint density at radius 3 is 2.81 bits per heavy atom. The van der Waals surface area contributed by atoms with Crippen LogP contribution in [0.4, 0.5) is 0 Å². The number of carboxylic acids is 1. The van der Waals surface area contributed by atoms with Crippen molar-refractivity contribution in [1.29, 1.82) is 0 Å². The van der Waals surface area contributed by atoms with Gasteiger partial charge in [0.05, 0.1) is 6.61 Å². The SMILES string of the molecule is O=C(O)COCCNC(=O)C1CC1c1ccc(Cl)cc1Cl. The van der Waals surface area contributed by atoms with E-state index < -0.39 is 5.97 Å². The zero-order chi connectivity index (χ0) is 15.4. The van der Waals surface area contributed by atoms with Crippen molar-refractivity contribution in [1.82, 2.24) is 5.32 Å². The van der Waals surface area contributed by atoms with Crippen molar-refractivity contribution in [2.45, 2.75) is 12.3 Å². The van der Waals surface area contributed by atoms with Gasteiger partial charge in [-0.2, -0.15) is 0 Å². The number of nitrogens with one attached hydrogen (secondary N) is 1. The number of halogens is 2. The highest BCUT2D eigenvalue weighted by atomic mass is 35.5. The summed E-state index contributed by atoms with van der Waals surface area (Å²) in [4.78, 5) is 22.1. The third-order valence-electron chi connectivity index (χ3n) is 3.26. The maximum atomic E-state index is 11.9. The lowest BCUT2D eigenvalue weighted by molar-refractivity contribution is -0.142. The van der Waals surface area contributed by atoms with E-state index in [-0.39, 0.29) is 31.0 Å². The molecule has 1 fully saturated rings. The molecule has 114 valence electrons. The van der Waals surface area contributed by atoms with Gasteiger partial charge in [-0.1, -0.05) is 29.3 Å². The highest BCUT2D eigenvalue weighted by molar-refractivity contribution is 6.35. The van der Waals surface area contributed by atoms with E-state index >= 15 is 0 Å². The smallest absolute Gasteiger partial charge is 0.329 e. The molecule has 2 unspecified atom stereocenters. The number of carbonyl (C=O) groups excluding carboxylic acids is 1. The largest absolute Gasteiger partial charge is 0.480 e. The Labute approximate surface area is 132 Å². The molecular weight excluding hydrogens is 317 g/mol. The first-order valence-corrected chi connectivity index (χ1v) is 7.27. The number of rotatable bonds is 7. The lowest BCUT2D eigenvalue weighted by atomic mass is 10.1. The average Bonchev–Trinajstić information content (AvgIpc) is 3.18. The van der Waals surface area contributed by atoms with Gasteiger partial charge in [-0.25, -0.2) is 4.79 Å². The van der Waals surface area contributed by atoms with Gasteiger partial charge >= 0.3 is 5.97 Å². The zero-order valence-corrected chi connectivity index (χ0v) is 12.7. The van der Waals surface area contributed by atoms with Crippen LogP contribution in [-0.4, -0.2) is 36.7 Å². The first-order valence-electron chi connectivity index (χ1n) is 6.51. The Balaban J connectivity index is 1.75. The fourth-order valence-corrected chi connectivity index (χ4v) is 2.72. The molecule has 0 aromatic heterocycles. The van der Waals surface area contributed by atoms with Crippen LogP contribution in [-0.2, 0) is 14.3 Å². The van der Waals surface area contributed by atoms with Gasteiger partial charge in [0.15, 0.2) is 0 Å². The fraction of sp³-hybridized carbons (Fsp3) is 0.429. The third kappa shape index (κ3) is 4.59. The van der Waals surface area contributed by atoms with Crippen LogP contribution in [0.1, 0.15) is 17.9 Å². The van der Waals surface area contributed by atoms with Crippen molar-refractivity contribution < 1.29 is 19.4 Å². The van der Waals surface area contributed by atoms with Gasteiger partial charge in [-0.15, -0.1) is 0 Å². The highest BCUT2D eigenvalue weighted by Gasteiger charge is 2.44. The summed E-state index contributed by atoms with van der Waals surface area (Å²) >= 11 is 12.0. The molecular formula is C14H15Cl2NO4. The van der Waals surface area contributed by atoms with Crippen LogP contribution >= 0.6 is 23.2 Å². The lowest BCUT2D eigenvalue weighted by Gasteiger charge is -2.06. The topological polar surface area (TPSA) is 75.6 Å². The zero-order valence-electron chi connectivity index (χ0n) is 11.1. The summed E-state index contributed by atoms with van der Waals surface area (Å²) in [6, 6.07) is 5.28. The first kappa shape index (κ1) is 16.1. The molecule has 2 atom stereocenters. The Hall–Kier alpha value is -1.30. The van der Waals surface area contributed by atoms with E-state index in [9.17, 15) is 9.59 Å². The summed E-state index contributed by atoms with van der Waals surface area (Å²) in [6.07, 6.45) is 0.753. The summed E-state index contributed by atoms with van der Waals surface area (Å²) in [6.45, 7) is 0.114. The Kier molecular flexibility index (Phi) is 5.45. The minimum Gasteiger partial charge on any atom is -0.480 e. The van der Waals surface area contributed by atoms with Crippen LogP contribution in [0.15, 0.2) is 18.2 Å². The van der Waals surface area contributed by atoms with E-state index in [0.29, 0.717) is 16.6 Å². The number of amides is 1. The van der Waals surface area contributed by atoms with E-state index in [1.165, 1.54) is 0 Å². The molecule has 2 N–H and O–H groups in total. The summed E-state index contributed by atoms with van der Waals surface area (Å²) < 4.78 is 4.84. The van der Waals surface area contributed by atoms with Crippen molar-refractivity contribution in [3.05, 3.63) is 33.8 Å².